The summed E-state index contributed by atoms with van der Waals surface area (Å²) in [6, 6.07) is 24.4. The normalized spacial score (nSPS) is 10.5. The molecule has 0 saturated heterocycles. The summed E-state index contributed by atoms with van der Waals surface area (Å²) < 4.78 is 0. The third kappa shape index (κ3) is 2.97. The first-order valence-electron chi connectivity index (χ1n) is 7.16. The van der Waals surface area contributed by atoms with Crippen LogP contribution in [0, 0.1) is 6.92 Å². The lowest BCUT2D eigenvalue weighted by Crippen LogP contribution is -1.95. The van der Waals surface area contributed by atoms with Crippen LogP contribution in [0.25, 0.3) is 11.1 Å². The Hall–Kier alpha value is -2.54. The highest BCUT2D eigenvalue weighted by Crippen LogP contribution is 2.32. The van der Waals surface area contributed by atoms with Gasteiger partial charge in [-0.3, -0.25) is 0 Å². The average Bonchev–Trinajstić information content (AvgIpc) is 2.48. The minimum absolute atomic E-state index is 0.332. The van der Waals surface area contributed by atoms with Crippen LogP contribution in [0.2, 0.25) is 0 Å². The second kappa shape index (κ2) is 5.84. The standard InChI is InChI=1S/C20H18O/c1-15-12-19(21)14-18(13-16-8-4-2-5-9-16)20(15)17-10-6-3-7-11-17/h2-12,14,21H,13H2,1H3. The van der Waals surface area contributed by atoms with E-state index in [0.717, 1.165) is 17.5 Å². The van der Waals surface area contributed by atoms with Crippen LogP contribution in [0.5, 0.6) is 5.75 Å². The maximum absolute atomic E-state index is 9.94. The molecule has 0 heterocycles. The van der Waals surface area contributed by atoms with E-state index in [2.05, 4.69) is 31.2 Å². The molecule has 0 saturated carbocycles. The summed E-state index contributed by atoms with van der Waals surface area (Å²) in [7, 11) is 0. The van der Waals surface area contributed by atoms with Gasteiger partial charge in [-0.1, -0.05) is 60.7 Å². The monoisotopic (exact) mass is 274 g/mol. The molecule has 21 heavy (non-hydrogen) atoms. The van der Waals surface area contributed by atoms with Crippen molar-refractivity contribution < 1.29 is 5.11 Å². The molecule has 1 N–H and O–H groups in total. The Kier molecular flexibility index (Phi) is 3.74. The largest absolute Gasteiger partial charge is 0.508 e. The molecule has 0 bridgehead atoms. The molecule has 0 spiro atoms. The van der Waals surface area contributed by atoms with Crippen molar-refractivity contribution in [3.05, 3.63) is 89.5 Å². The topological polar surface area (TPSA) is 20.2 Å². The molecule has 0 amide bonds. The molecular formula is C20H18O. The van der Waals surface area contributed by atoms with Crippen molar-refractivity contribution in [1.82, 2.24) is 0 Å². The smallest absolute Gasteiger partial charge is 0.116 e. The number of aromatic hydroxyl groups is 1. The van der Waals surface area contributed by atoms with Crippen molar-refractivity contribution in [3.8, 4) is 16.9 Å². The lowest BCUT2D eigenvalue weighted by atomic mass is 9.91. The van der Waals surface area contributed by atoms with E-state index in [9.17, 15) is 5.11 Å². The van der Waals surface area contributed by atoms with Crippen molar-refractivity contribution in [1.29, 1.82) is 0 Å². The van der Waals surface area contributed by atoms with E-state index in [1.54, 1.807) is 0 Å². The molecule has 0 aromatic heterocycles. The Bertz CT molecular complexity index is 731. The molecule has 0 aliphatic heterocycles. The molecule has 3 aromatic carbocycles. The molecule has 0 radical (unpaired) electrons. The summed E-state index contributed by atoms with van der Waals surface area (Å²) in [5.41, 5.74) is 5.93. The van der Waals surface area contributed by atoms with Gasteiger partial charge < -0.3 is 5.11 Å². The number of hydrogen-bond donors (Lipinski definition) is 1. The first kappa shape index (κ1) is 13.4. The summed E-state index contributed by atoms with van der Waals surface area (Å²) in [5, 5.41) is 9.94. The fraction of sp³-hybridized carbons (Fsp3) is 0.100. The number of hydrogen-bond acceptors (Lipinski definition) is 1. The maximum Gasteiger partial charge on any atom is 0.116 e. The minimum Gasteiger partial charge on any atom is -0.508 e. The van der Waals surface area contributed by atoms with Crippen LogP contribution in [-0.4, -0.2) is 5.11 Å². The molecule has 3 rings (SSSR count). The Morgan fingerprint density at radius 3 is 2.10 bits per heavy atom. The molecule has 3 aromatic rings. The van der Waals surface area contributed by atoms with Gasteiger partial charge in [0.05, 0.1) is 0 Å². The third-order valence-corrected chi connectivity index (χ3v) is 3.70. The fourth-order valence-corrected chi connectivity index (χ4v) is 2.81. The average molecular weight is 274 g/mol. The summed E-state index contributed by atoms with van der Waals surface area (Å²) >= 11 is 0. The van der Waals surface area contributed by atoms with Gasteiger partial charge in [-0.25, -0.2) is 0 Å². The summed E-state index contributed by atoms with van der Waals surface area (Å²) in [6.45, 7) is 2.05. The summed E-state index contributed by atoms with van der Waals surface area (Å²) in [6.07, 6.45) is 0.820. The van der Waals surface area contributed by atoms with E-state index in [4.69, 9.17) is 0 Å². The quantitative estimate of drug-likeness (QED) is 0.715. The second-order valence-electron chi connectivity index (χ2n) is 5.33. The fourth-order valence-electron chi connectivity index (χ4n) is 2.81. The van der Waals surface area contributed by atoms with Crippen molar-refractivity contribution in [2.45, 2.75) is 13.3 Å². The third-order valence-electron chi connectivity index (χ3n) is 3.70. The number of aryl methyl sites for hydroxylation is 1. The Morgan fingerprint density at radius 2 is 1.43 bits per heavy atom. The van der Waals surface area contributed by atoms with Crippen molar-refractivity contribution in [2.24, 2.45) is 0 Å². The van der Waals surface area contributed by atoms with Gasteiger partial charge in [0.2, 0.25) is 0 Å². The van der Waals surface area contributed by atoms with E-state index < -0.39 is 0 Å². The number of benzene rings is 3. The highest BCUT2D eigenvalue weighted by atomic mass is 16.3. The van der Waals surface area contributed by atoms with Crippen molar-refractivity contribution in [2.75, 3.05) is 0 Å². The SMILES string of the molecule is Cc1cc(O)cc(Cc2ccccc2)c1-c1ccccc1. The van der Waals surface area contributed by atoms with Gasteiger partial charge in [0.1, 0.15) is 5.75 Å². The molecule has 1 heteroatoms. The van der Waals surface area contributed by atoms with Crippen LogP contribution in [-0.2, 0) is 6.42 Å². The Balaban J connectivity index is 2.11. The van der Waals surface area contributed by atoms with Crippen LogP contribution >= 0.6 is 0 Å². The lowest BCUT2D eigenvalue weighted by molar-refractivity contribution is 0.474. The van der Waals surface area contributed by atoms with E-state index in [0.29, 0.717) is 5.75 Å². The minimum atomic E-state index is 0.332. The lowest BCUT2D eigenvalue weighted by Gasteiger charge is -2.14. The van der Waals surface area contributed by atoms with Crippen LogP contribution in [0.15, 0.2) is 72.8 Å². The second-order valence-corrected chi connectivity index (χ2v) is 5.33. The number of phenolic OH excluding ortho intramolecular Hbond substituents is 1. The zero-order chi connectivity index (χ0) is 14.7. The summed E-state index contributed by atoms with van der Waals surface area (Å²) in [5.74, 6) is 0.332. The van der Waals surface area contributed by atoms with Gasteiger partial charge in [0.25, 0.3) is 0 Å². The van der Waals surface area contributed by atoms with Gasteiger partial charge >= 0.3 is 0 Å². The van der Waals surface area contributed by atoms with Crippen molar-refractivity contribution in [3.63, 3.8) is 0 Å². The maximum atomic E-state index is 9.94. The van der Waals surface area contributed by atoms with Crippen LogP contribution in [0.1, 0.15) is 16.7 Å². The molecule has 0 aliphatic carbocycles. The number of phenols is 1. The van der Waals surface area contributed by atoms with E-state index >= 15 is 0 Å². The molecule has 1 nitrogen and oxygen atoms in total. The first-order valence-corrected chi connectivity index (χ1v) is 7.16. The highest BCUT2D eigenvalue weighted by molar-refractivity contribution is 5.72. The van der Waals surface area contributed by atoms with Gasteiger partial charge in [-0.2, -0.15) is 0 Å². The van der Waals surface area contributed by atoms with Crippen LogP contribution in [0.4, 0.5) is 0 Å². The van der Waals surface area contributed by atoms with Gasteiger partial charge in [0, 0.05) is 0 Å². The molecule has 0 aliphatic rings. The van der Waals surface area contributed by atoms with Crippen molar-refractivity contribution >= 4 is 0 Å². The Labute approximate surface area is 125 Å². The Morgan fingerprint density at radius 1 is 0.810 bits per heavy atom. The molecule has 0 atom stereocenters. The van der Waals surface area contributed by atoms with E-state index in [-0.39, 0.29) is 0 Å². The van der Waals surface area contributed by atoms with Gasteiger partial charge in [0.15, 0.2) is 0 Å². The van der Waals surface area contributed by atoms with Gasteiger partial charge in [-0.15, -0.1) is 0 Å². The predicted octanol–water partition coefficient (Wildman–Crippen LogP) is 4.96. The summed E-state index contributed by atoms with van der Waals surface area (Å²) in [4.78, 5) is 0. The molecule has 0 fully saturated rings. The molecule has 0 unspecified atom stereocenters. The van der Waals surface area contributed by atoms with E-state index in [1.807, 2.05) is 48.5 Å². The highest BCUT2D eigenvalue weighted by Gasteiger charge is 2.10. The molecular weight excluding hydrogens is 256 g/mol. The number of rotatable bonds is 3. The van der Waals surface area contributed by atoms with Gasteiger partial charge in [-0.05, 0) is 53.3 Å². The molecule has 104 valence electrons. The first-order chi connectivity index (χ1) is 10.2. The zero-order valence-electron chi connectivity index (χ0n) is 12.1. The predicted molar refractivity (Wildman–Crippen MR) is 87.5 cm³/mol. The zero-order valence-corrected chi connectivity index (χ0v) is 12.1. The van der Waals surface area contributed by atoms with E-state index in [1.165, 1.54) is 16.7 Å². The van der Waals surface area contributed by atoms with Crippen LogP contribution < -0.4 is 0 Å². The van der Waals surface area contributed by atoms with Crippen LogP contribution in [0.3, 0.4) is 0 Å².